The van der Waals surface area contributed by atoms with Gasteiger partial charge >= 0.3 is 0 Å². The molecule has 0 saturated carbocycles. The van der Waals surface area contributed by atoms with Gasteiger partial charge in [0, 0.05) is 30.1 Å². The van der Waals surface area contributed by atoms with Crippen LogP contribution in [0.15, 0.2) is 54.0 Å². The van der Waals surface area contributed by atoms with Crippen molar-refractivity contribution >= 4 is 17.2 Å². The molecule has 1 atom stereocenters. The van der Waals surface area contributed by atoms with E-state index in [1.54, 1.807) is 29.3 Å². The number of rotatable bonds is 5. The lowest BCUT2D eigenvalue weighted by atomic mass is 10.1. The van der Waals surface area contributed by atoms with E-state index in [0.717, 1.165) is 16.4 Å². The number of benzene rings is 1. The van der Waals surface area contributed by atoms with Gasteiger partial charge in [-0.1, -0.05) is 24.3 Å². The third kappa shape index (κ3) is 4.26. The highest BCUT2D eigenvalue weighted by molar-refractivity contribution is 7.13. The largest absolute Gasteiger partial charge is 0.370 e. The molecule has 4 rings (SSSR count). The number of aryl methyl sites for hydroxylation is 1. The van der Waals surface area contributed by atoms with Crippen LogP contribution in [0.4, 0.5) is 4.39 Å². The molecule has 1 aliphatic heterocycles. The number of carbonyl (C=O) groups excluding carboxylic acids is 1. The van der Waals surface area contributed by atoms with Gasteiger partial charge < -0.3 is 9.64 Å². The topological polar surface area (TPSA) is 55.3 Å². The molecule has 3 aromatic rings. The zero-order chi connectivity index (χ0) is 19.3. The first-order valence-electron chi connectivity index (χ1n) is 9.20. The number of amides is 1. The summed E-state index contributed by atoms with van der Waals surface area (Å²) >= 11 is 1.53. The molecule has 28 heavy (non-hydrogen) atoms. The second kappa shape index (κ2) is 8.58. The van der Waals surface area contributed by atoms with Crippen LogP contribution in [0.1, 0.15) is 23.8 Å². The van der Waals surface area contributed by atoms with E-state index in [1.807, 2.05) is 23.6 Å². The van der Waals surface area contributed by atoms with Gasteiger partial charge in [-0.3, -0.25) is 9.78 Å². The Labute approximate surface area is 166 Å². The van der Waals surface area contributed by atoms with E-state index in [0.29, 0.717) is 38.1 Å². The number of ether oxygens (including phenoxy) is 1. The first-order chi connectivity index (χ1) is 13.7. The van der Waals surface area contributed by atoms with Crippen LogP contribution < -0.4 is 0 Å². The summed E-state index contributed by atoms with van der Waals surface area (Å²) in [6.07, 6.45) is 2.26. The molecule has 0 radical (unpaired) electrons. The first-order valence-corrected chi connectivity index (χ1v) is 10.1. The standard InChI is InChI=1S/C21H20FN3O2S/c22-17-6-2-1-5-16(17)19-13-25(11-12-27-19)20(26)9-8-15-14-28-21(24-15)18-7-3-4-10-23-18/h1-7,10,14,19H,8-9,11-13H2. The summed E-state index contributed by atoms with van der Waals surface area (Å²) in [5.41, 5.74) is 2.23. The smallest absolute Gasteiger partial charge is 0.223 e. The summed E-state index contributed by atoms with van der Waals surface area (Å²) in [4.78, 5) is 23.3. The van der Waals surface area contributed by atoms with Gasteiger partial charge in [0.25, 0.3) is 0 Å². The van der Waals surface area contributed by atoms with Gasteiger partial charge in [0.05, 0.1) is 24.5 Å². The Bertz CT molecular complexity index is 948. The van der Waals surface area contributed by atoms with Crippen molar-refractivity contribution in [2.45, 2.75) is 18.9 Å². The number of halogens is 1. The fraction of sp³-hybridized carbons (Fsp3) is 0.286. The average molecular weight is 397 g/mol. The number of hydrogen-bond donors (Lipinski definition) is 0. The van der Waals surface area contributed by atoms with E-state index in [-0.39, 0.29) is 11.7 Å². The minimum absolute atomic E-state index is 0.0389. The summed E-state index contributed by atoms with van der Waals surface area (Å²) < 4.78 is 19.7. The lowest BCUT2D eigenvalue weighted by Gasteiger charge is -2.33. The number of nitrogens with zero attached hydrogens (tertiary/aromatic N) is 3. The van der Waals surface area contributed by atoms with Crippen molar-refractivity contribution in [1.29, 1.82) is 0 Å². The summed E-state index contributed by atoms with van der Waals surface area (Å²) in [5.74, 6) is -0.261. The molecule has 0 bridgehead atoms. The van der Waals surface area contributed by atoms with E-state index in [4.69, 9.17) is 4.74 Å². The van der Waals surface area contributed by atoms with Crippen molar-refractivity contribution < 1.29 is 13.9 Å². The van der Waals surface area contributed by atoms with Crippen molar-refractivity contribution in [2.24, 2.45) is 0 Å². The Morgan fingerprint density at radius 3 is 2.93 bits per heavy atom. The molecule has 0 N–H and O–H groups in total. The van der Waals surface area contributed by atoms with Crippen LogP contribution in [0.3, 0.4) is 0 Å². The van der Waals surface area contributed by atoms with Crippen molar-refractivity contribution in [3.05, 3.63) is 71.1 Å². The molecular formula is C21H20FN3O2S. The highest BCUT2D eigenvalue weighted by Crippen LogP contribution is 2.25. The Morgan fingerprint density at radius 1 is 1.25 bits per heavy atom. The molecule has 5 nitrogen and oxygen atoms in total. The molecule has 7 heteroatoms. The van der Waals surface area contributed by atoms with Gasteiger partial charge in [0.2, 0.25) is 5.91 Å². The second-order valence-electron chi connectivity index (χ2n) is 6.58. The molecule has 0 aliphatic carbocycles. The van der Waals surface area contributed by atoms with E-state index in [2.05, 4.69) is 9.97 Å². The van der Waals surface area contributed by atoms with E-state index >= 15 is 0 Å². The van der Waals surface area contributed by atoms with Gasteiger partial charge in [-0.15, -0.1) is 11.3 Å². The predicted molar refractivity (Wildman–Crippen MR) is 105 cm³/mol. The van der Waals surface area contributed by atoms with Gasteiger partial charge in [-0.25, -0.2) is 9.37 Å². The molecule has 1 amide bonds. The van der Waals surface area contributed by atoms with Crippen molar-refractivity contribution in [1.82, 2.24) is 14.9 Å². The Morgan fingerprint density at radius 2 is 2.11 bits per heavy atom. The lowest BCUT2D eigenvalue weighted by Crippen LogP contribution is -2.42. The van der Waals surface area contributed by atoms with Gasteiger partial charge in [0.15, 0.2) is 0 Å². The molecule has 3 heterocycles. The van der Waals surface area contributed by atoms with Crippen LogP contribution in [-0.2, 0) is 16.0 Å². The Balaban J connectivity index is 1.35. The van der Waals surface area contributed by atoms with Crippen LogP contribution in [-0.4, -0.2) is 40.5 Å². The molecule has 1 unspecified atom stereocenters. The third-order valence-corrected chi connectivity index (χ3v) is 5.62. The zero-order valence-electron chi connectivity index (χ0n) is 15.3. The Kier molecular flexibility index (Phi) is 5.73. The number of thiazole rings is 1. The monoisotopic (exact) mass is 397 g/mol. The minimum Gasteiger partial charge on any atom is -0.370 e. The summed E-state index contributed by atoms with van der Waals surface area (Å²) in [6.45, 7) is 1.31. The van der Waals surface area contributed by atoms with E-state index in [9.17, 15) is 9.18 Å². The molecule has 2 aromatic heterocycles. The molecule has 144 valence electrons. The van der Waals surface area contributed by atoms with Crippen LogP contribution in [0.25, 0.3) is 10.7 Å². The third-order valence-electron chi connectivity index (χ3n) is 4.70. The van der Waals surface area contributed by atoms with Crippen LogP contribution in [0.5, 0.6) is 0 Å². The van der Waals surface area contributed by atoms with E-state index < -0.39 is 6.10 Å². The second-order valence-corrected chi connectivity index (χ2v) is 7.44. The van der Waals surface area contributed by atoms with Crippen LogP contribution in [0.2, 0.25) is 0 Å². The average Bonchev–Trinajstić information content (AvgIpc) is 3.22. The normalized spacial score (nSPS) is 16.9. The number of carbonyl (C=O) groups is 1. The number of pyridine rings is 1. The van der Waals surface area contributed by atoms with Crippen LogP contribution in [0, 0.1) is 5.82 Å². The lowest BCUT2D eigenvalue weighted by molar-refractivity contribution is -0.139. The van der Waals surface area contributed by atoms with E-state index in [1.165, 1.54) is 17.4 Å². The molecule has 1 aliphatic rings. The molecule has 1 saturated heterocycles. The zero-order valence-corrected chi connectivity index (χ0v) is 16.1. The molecule has 1 fully saturated rings. The van der Waals surface area contributed by atoms with Crippen molar-refractivity contribution in [2.75, 3.05) is 19.7 Å². The highest BCUT2D eigenvalue weighted by atomic mass is 32.1. The summed E-state index contributed by atoms with van der Waals surface area (Å²) in [7, 11) is 0. The predicted octanol–water partition coefficient (Wildman–Crippen LogP) is 3.88. The van der Waals surface area contributed by atoms with Gasteiger partial charge in [0.1, 0.15) is 16.9 Å². The van der Waals surface area contributed by atoms with Gasteiger partial charge in [-0.2, -0.15) is 0 Å². The number of aromatic nitrogens is 2. The minimum atomic E-state index is -0.422. The number of morpholine rings is 1. The van der Waals surface area contributed by atoms with Crippen molar-refractivity contribution in [3.8, 4) is 10.7 Å². The first kappa shape index (κ1) is 18.7. The molecule has 0 spiro atoms. The molecular weight excluding hydrogens is 377 g/mol. The summed E-state index contributed by atoms with van der Waals surface area (Å²) in [5, 5.41) is 2.83. The quantitative estimate of drug-likeness (QED) is 0.656. The van der Waals surface area contributed by atoms with Gasteiger partial charge in [-0.05, 0) is 24.6 Å². The van der Waals surface area contributed by atoms with Crippen LogP contribution >= 0.6 is 11.3 Å². The maximum atomic E-state index is 14.0. The maximum Gasteiger partial charge on any atom is 0.223 e. The summed E-state index contributed by atoms with van der Waals surface area (Å²) in [6, 6.07) is 12.3. The Hall–Kier alpha value is -2.64. The molecule has 1 aromatic carbocycles. The fourth-order valence-electron chi connectivity index (χ4n) is 3.22. The van der Waals surface area contributed by atoms with Crippen molar-refractivity contribution in [3.63, 3.8) is 0 Å². The highest BCUT2D eigenvalue weighted by Gasteiger charge is 2.27. The fourth-order valence-corrected chi connectivity index (χ4v) is 4.05. The number of hydrogen-bond acceptors (Lipinski definition) is 5. The SMILES string of the molecule is O=C(CCc1csc(-c2ccccn2)n1)N1CCOC(c2ccccc2F)C1. The maximum absolute atomic E-state index is 14.0.